The molecule has 1 atom stereocenters. The highest BCUT2D eigenvalue weighted by Crippen LogP contribution is 2.16. The minimum atomic E-state index is -0.639. The van der Waals surface area contributed by atoms with Crippen LogP contribution in [0.25, 0.3) is 0 Å². The van der Waals surface area contributed by atoms with Crippen molar-refractivity contribution in [3.8, 4) is 11.8 Å². The Balaban J connectivity index is 1.78. The molecule has 2 aromatic rings. The standard InChI is InChI=1S/C16H15BrN2O2/c17-13-4-6-16(7-5-13)21-11-15(20)10-19-14-3-1-2-12(8-14)9-18/h1-8,15,19-20H,10-11H2. The SMILES string of the molecule is N#Cc1cccc(NCC(O)COc2ccc(Br)cc2)c1. The van der Waals surface area contributed by atoms with Crippen LogP contribution in [-0.2, 0) is 0 Å². The molecule has 5 heteroatoms. The summed E-state index contributed by atoms with van der Waals surface area (Å²) in [5, 5.41) is 21.8. The number of nitrogens with one attached hydrogen (secondary N) is 1. The van der Waals surface area contributed by atoms with Crippen LogP contribution in [0.2, 0.25) is 0 Å². The molecule has 0 fully saturated rings. The average Bonchev–Trinajstić information content (AvgIpc) is 2.52. The van der Waals surface area contributed by atoms with Crippen molar-refractivity contribution >= 4 is 21.6 Å². The van der Waals surface area contributed by atoms with Crippen molar-refractivity contribution in [3.05, 3.63) is 58.6 Å². The Morgan fingerprint density at radius 1 is 1.24 bits per heavy atom. The van der Waals surface area contributed by atoms with Crippen LogP contribution in [0.5, 0.6) is 5.75 Å². The lowest BCUT2D eigenvalue weighted by molar-refractivity contribution is 0.117. The summed E-state index contributed by atoms with van der Waals surface area (Å²) in [6.45, 7) is 0.554. The monoisotopic (exact) mass is 346 g/mol. The number of nitriles is 1. The Bertz CT molecular complexity index is 623. The molecule has 2 N–H and O–H groups in total. The highest BCUT2D eigenvalue weighted by molar-refractivity contribution is 9.10. The summed E-state index contributed by atoms with van der Waals surface area (Å²) in [6, 6.07) is 16.6. The van der Waals surface area contributed by atoms with Crippen molar-refractivity contribution in [2.45, 2.75) is 6.10 Å². The maximum Gasteiger partial charge on any atom is 0.119 e. The fraction of sp³-hybridized carbons (Fsp3) is 0.188. The number of halogens is 1. The molecule has 2 rings (SSSR count). The summed E-state index contributed by atoms with van der Waals surface area (Å²) in [4.78, 5) is 0. The lowest BCUT2D eigenvalue weighted by Gasteiger charge is -2.14. The van der Waals surface area contributed by atoms with E-state index in [-0.39, 0.29) is 6.61 Å². The van der Waals surface area contributed by atoms with Crippen molar-refractivity contribution in [2.24, 2.45) is 0 Å². The molecule has 0 aliphatic rings. The van der Waals surface area contributed by atoms with Gasteiger partial charge in [-0.3, -0.25) is 0 Å². The smallest absolute Gasteiger partial charge is 0.119 e. The van der Waals surface area contributed by atoms with Crippen LogP contribution in [0.4, 0.5) is 5.69 Å². The van der Waals surface area contributed by atoms with Crippen LogP contribution in [0.15, 0.2) is 53.0 Å². The molecular weight excluding hydrogens is 332 g/mol. The van der Waals surface area contributed by atoms with Gasteiger partial charge in [0.2, 0.25) is 0 Å². The molecule has 0 saturated carbocycles. The number of hydrogen-bond acceptors (Lipinski definition) is 4. The summed E-state index contributed by atoms with van der Waals surface area (Å²) in [5.74, 6) is 0.712. The van der Waals surface area contributed by atoms with Gasteiger partial charge in [-0.25, -0.2) is 0 Å². The molecule has 21 heavy (non-hydrogen) atoms. The van der Waals surface area contributed by atoms with E-state index in [0.29, 0.717) is 17.9 Å². The van der Waals surface area contributed by atoms with Crippen LogP contribution < -0.4 is 10.1 Å². The summed E-state index contributed by atoms with van der Waals surface area (Å²) in [6.07, 6.45) is -0.639. The molecule has 0 spiro atoms. The van der Waals surface area contributed by atoms with Crippen LogP contribution >= 0.6 is 15.9 Å². The van der Waals surface area contributed by atoms with Crippen molar-refractivity contribution in [3.63, 3.8) is 0 Å². The first-order chi connectivity index (χ1) is 10.2. The quantitative estimate of drug-likeness (QED) is 0.842. The Hall–Kier alpha value is -2.03. The number of aliphatic hydroxyl groups is 1. The van der Waals surface area contributed by atoms with Crippen molar-refractivity contribution in [1.82, 2.24) is 0 Å². The van der Waals surface area contributed by atoms with Gasteiger partial charge in [-0.05, 0) is 42.5 Å². The molecule has 0 radical (unpaired) electrons. The first-order valence-corrected chi connectivity index (χ1v) is 7.27. The lowest BCUT2D eigenvalue weighted by Crippen LogP contribution is -2.26. The third kappa shape index (κ3) is 5.10. The molecule has 0 aliphatic carbocycles. The van der Waals surface area contributed by atoms with E-state index in [4.69, 9.17) is 10.00 Å². The van der Waals surface area contributed by atoms with Gasteiger partial charge in [0.1, 0.15) is 18.5 Å². The van der Waals surface area contributed by atoms with Gasteiger partial charge in [0.25, 0.3) is 0 Å². The Morgan fingerprint density at radius 2 is 2.00 bits per heavy atom. The van der Waals surface area contributed by atoms with Gasteiger partial charge >= 0.3 is 0 Å². The third-order valence-corrected chi connectivity index (χ3v) is 3.32. The van der Waals surface area contributed by atoms with Gasteiger partial charge in [-0.1, -0.05) is 22.0 Å². The number of ether oxygens (including phenoxy) is 1. The maximum absolute atomic E-state index is 9.89. The number of hydrogen-bond donors (Lipinski definition) is 2. The van der Waals surface area contributed by atoms with E-state index in [1.165, 1.54) is 0 Å². The van der Waals surface area contributed by atoms with E-state index in [1.54, 1.807) is 18.2 Å². The predicted octanol–water partition coefficient (Wildman–Crippen LogP) is 3.17. The fourth-order valence-electron chi connectivity index (χ4n) is 1.72. The van der Waals surface area contributed by atoms with E-state index < -0.39 is 6.10 Å². The summed E-state index contributed by atoms with van der Waals surface area (Å²) < 4.78 is 6.47. The Kier molecular flexibility index (Phi) is 5.61. The predicted molar refractivity (Wildman–Crippen MR) is 85.3 cm³/mol. The highest BCUT2D eigenvalue weighted by atomic mass is 79.9. The average molecular weight is 347 g/mol. The summed E-state index contributed by atoms with van der Waals surface area (Å²) in [5.41, 5.74) is 1.39. The molecule has 2 aromatic carbocycles. The third-order valence-electron chi connectivity index (χ3n) is 2.79. The topological polar surface area (TPSA) is 65.3 Å². The first kappa shape index (κ1) is 15.4. The van der Waals surface area contributed by atoms with Gasteiger partial charge in [-0.15, -0.1) is 0 Å². The van der Waals surface area contributed by atoms with Gasteiger partial charge in [0.15, 0.2) is 0 Å². The number of anilines is 1. The molecule has 0 bridgehead atoms. The summed E-state index contributed by atoms with van der Waals surface area (Å²) in [7, 11) is 0. The highest BCUT2D eigenvalue weighted by Gasteiger charge is 2.05. The number of nitrogens with zero attached hydrogens (tertiary/aromatic N) is 1. The second-order valence-corrected chi connectivity index (χ2v) is 5.41. The van der Waals surface area contributed by atoms with Gasteiger partial charge < -0.3 is 15.2 Å². The molecule has 0 saturated heterocycles. The molecular formula is C16H15BrN2O2. The number of aliphatic hydroxyl groups excluding tert-OH is 1. The Labute approximate surface area is 132 Å². The molecule has 4 nitrogen and oxygen atoms in total. The normalized spacial score (nSPS) is 11.5. The first-order valence-electron chi connectivity index (χ1n) is 6.48. The summed E-state index contributed by atoms with van der Waals surface area (Å²) >= 11 is 3.35. The second-order valence-electron chi connectivity index (χ2n) is 4.49. The van der Waals surface area contributed by atoms with E-state index in [9.17, 15) is 5.11 Å². The number of benzene rings is 2. The van der Waals surface area contributed by atoms with Gasteiger partial charge in [0.05, 0.1) is 11.6 Å². The van der Waals surface area contributed by atoms with Crippen molar-refractivity contribution < 1.29 is 9.84 Å². The molecule has 1 unspecified atom stereocenters. The zero-order valence-electron chi connectivity index (χ0n) is 11.3. The van der Waals surface area contributed by atoms with Crippen LogP contribution in [0.1, 0.15) is 5.56 Å². The van der Waals surface area contributed by atoms with Crippen LogP contribution in [0, 0.1) is 11.3 Å². The second kappa shape index (κ2) is 7.67. The van der Waals surface area contributed by atoms with E-state index in [0.717, 1.165) is 10.2 Å². The minimum Gasteiger partial charge on any atom is -0.491 e. The van der Waals surface area contributed by atoms with Crippen LogP contribution in [-0.4, -0.2) is 24.4 Å². The van der Waals surface area contributed by atoms with Gasteiger partial charge in [-0.2, -0.15) is 5.26 Å². The Morgan fingerprint density at radius 3 is 2.71 bits per heavy atom. The van der Waals surface area contributed by atoms with Crippen molar-refractivity contribution in [2.75, 3.05) is 18.5 Å². The lowest BCUT2D eigenvalue weighted by atomic mass is 10.2. The van der Waals surface area contributed by atoms with E-state index in [1.807, 2.05) is 30.3 Å². The number of rotatable bonds is 6. The minimum absolute atomic E-state index is 0.201. The molecule has 0 aromatic heterocycles. The molecule has 0 heterocycles. The largest absolute Gasteiger partial charge is 0.491 e. The van der Waals surface area contributed by atoms with E-state index >= 15 is 0 Å². The fourth-order valence-corrected chi connectivity index (χ4v) is 1.98. The van der Waals surface area contributed by atoms with E-state index in [2.05, 4.69) is 27.3 Å². The zero-order valence-corrected chi connectivity index (χ0v) is 12.9. The molecule has 0 aliphatic heterocycles. The van der Waals surface area contributed by atoms with Gasteiger partial charge in [0, 0.05) is 16.7 Å². The zero-order chi connectivity index (χ0) is 15.1. The molecule has 108 valence electrons. The van der Waals surface area contributed by atoms with Crippen LogP contribution in [0.3, 0.4) is 0 Å². The molecule has 0 amide bonds. The maximum atomic E-state index is 9.89. The van der Waals surface area contributed by atoms with Crippen molar-refractivity contribution in [1.29, 1.82) is 5.26 Å².